The van der Waals surface area contributed by atoms with Crippen molar-refractivity contribution < 1.29 is 14.2 Å². The molecule has 3 aromatic carbocycles. The molecule has 0 saturated heterocycles. The first-order valence-electron chi connectivity index (χ1n) is 10.5. The van der Waals surface area contributed by atoms with Gasteiger partial charge in [0.05, 0.1) is 21.3 Å². The van der Waals surface area contributed by atoms with E-state index in [-0.39, 0.29) is 5.41 Å². The second-order valence-corrected chi connectivity index (χ2v) is 9.28. The van der Waals surface area contributed by atoms with Crippen LogP contribution in [0.25, 0.3) is 12.2 Å². The average molecular weight is 450 g/mol. The monoisotopic (exact) mass is 449 g/mol. The number of benzene rings is 3. The van der Waals surface area contributed by atoms with E-state index >= 15 is 0 Å². The van der Waals surface area contributed by atoms with Gasteiger partial charge in [0.25, 0.3) is 0 Å². The van der Waals surface area contributed by atoms with E-state index in [0.717, 1.165) is 16.8 Å². The van der Waals surface area contributed by atoms with Crippen LogP contribution in [0.2, 0.25) is 0 Å². The van der Waals surface area contributed by atoms with Crippen molar-refractivity contribution in [3.8, 4) is 17.2 Å². The first-order valence-corrected chi connectivity index (χ1v) is 11.3. The molecular formula is C27H31NO3S. The Kier molecular flexibility index (Phi) is 7.75. The Labute approximate surface area is 195 Å². The van der Waals surface area contributed by atoms with E-state index in [0.29, 0.717) is 17.2 Å². The highest BCUT2D eigenvalue weighted by Crippen LogP contribution is 2.38. The second-order valence-electron chi connectivity index (χ2n) is 8.40. The van der Waals surface area contributed by atoms with Crippen LogP contribution in [0.5, 0.6) is 17.2 Å². The van der Waals surface area contributed by atoms with Crippen molar-refractivity contribution in [3.63, 3.8) is 0 Å². The number of hydrogen-bond acceptors (Lipinski definition) is 5. The maximum Gasteiger partial charge on any atom is 0.203 e. The Morgan fingerprint density at radius 1 is 0.750 bits per heavy atom. The van der Waals surface area contributed by atoms with Crippen molar-refractivity contribution >= 4 is 29.8 Å². The molecule has 5 heteroatoms. The molecule has 4 nitrogen and oxygen atoms in total. The third-order valence-corrected chi connectivity index (χ3v) is 5.89. The van der Waals surface area contributed by atoms with Crippen LogP contribution in [0.1, 0.15) is 37.5 Å². The van der Waals surface area contributed by atoms with Gasteiger partial charge >= 0.3 is 0 Å². The van der Waals surface area contributed by atoms with Gasteiger partial charge in [-0.05, 0) is 70.5 Å². The summed E-state index contributed by atoms with van der Waals surface area (Å²) >= 11 is 1.61. The first kappa shape index (κ1) is 23.6. The lowest BCUT2D eigenvalue weighted by atomic mass is 9.87. The van der Waals surface area contributed by atoms with Crippen LogP contribution >= 0.6 is 11.9 Å². The summed E-state index contributed by atoms with van der Waals surface area (Å²) in [5, 5.41) is 0. The van der Waals surface area contributed by atoms with E-state index < -0.39 is 0 Å². The molecule has 0 amide bonds. The Balaban J connectivity index is 1.70. The van der Waals surface area contributed by atoms with Gasteiger partial charge in [0.1, 0.15) is 0 Å². The summed E-state index contributed by atoms with van der Waals surface area (Å²) in [7, 11) is 4.84. The van der Waals surface area contributed by atoms with Gasteiger partial charge in [0.2, 0.25) is 5.75 Å². The molecule has 0 radical (unpaired) electrons. The summed E-state index contributed by atoms with van der Waals surface area (Å²) in [4.78, 5) is 1.18. The molecule has 0 spiro atoms. The van der Waals surface area contributed by atoms with E-state index in [1.165, 1.54) is 10.5 Å². The zero-order valence-electron chi connectivity index (χ0n) is 19.6. The number of nitrogens with one attached hydrogen (secondary N) is 1. The number of rotatable bonds is 8. The van der Waals surface area contributed by atoms with Crippen molar-refractivity contribution in [2.45, 2.75) is 31.1 Å². The van der Waals surface area contributed by atoms with Crippen LogP contribution in [-0.4, -0.2) is 21.3 Å². The molecular weight excluding hydrogens is 418 g/mol. The molecule has 0 fully saturated rings. The summed E-state index contributed by atoms with van der Waals surface area (Å²) in [5.74, 6) is 1.86. The summed E-state index contributed by atoms with van der Waals surface area (Å²) in [6, 6.07) is 20.9. The Morgan fingerprint density at radius 2 is 1.38 bits per heavy atom. The Bertz CT molecular complexity index is 1040. The molecule has 0 aliphatic carbocycles. The highest BCUT2D eigenvalue weighted by atomic mass is 32.2. The molecule has 0 aliphatic rings. The molecule has 0 aromatic heterocycles. The molecule has 0 unspecified atom stereocenters. The quantitative estimate of drug-likeness (QED) is 0.289. The van der Waals surface area contributed by atoms with Crippen LogP contribution in [0, 0.1) is 0 Å². The van der Waals surface area contributed by atoms with E-state index in [1.54, 1.807) is 33.3 Å². The van der Waals surface area contributed by atoms with Crippen LogP contribution in [0.3, 0.4) is 0 Å². The molecule has 32 heavy (non-hydrogen) atoms. The fourth-order valence-electron chi connectivity index (χ4n) is 3.24. The summed E-state index contributed by atoms with van der Waals surface area (Å²) in [5.41, 5.74) is 4.59. The summed E-state index contributed by atoms with van der Waals surface area (Å²) in [6.07, 6.45) is 4.09. The average Bonchev–Trinajstić information content (AvgIpc) is 2.80. The highest BCUT2D eigenvalue weighted by molar-refractivity contribution is 8.00. The third kappa shape index (κ3) is 6.01. The number of anilines is 1. The minimum atomic E-state index is 0.162. The molecule has 1 N–H and O–H groups in total. The van der Waals surface area contributed by atoms with Gasteiger partial charge < -0.3 is 18.9 Å². The predicted molar refractivity (Wildman–Crippen MR) is 136 cm³/mol. The van der Waals surface area contributed by atoms with Crippen LogP contribution in [0.4, 0.5) is 5.69 Å². The lowest BCUT2D eigenvalue weighted by Crippen LogP contribution is -2.10. The summed E-state index contributed by atoms with van der Waals surface area (Å²) in [6.45, 7) is 6.68. The largest absolute Gasteiger partial charge is 0.493 e. The third-order valence-electron chi connectivity index (χ3n) is 5.05. The maximum absolute atomic E-state index is 5.44. The topological polar surface area (TPSA) is 39.7 Å². The van der Waals surface area contributed by atoms with Crippen molar-refractivity contribution in [2.24, 2.45) is 0 Å². The minimum Gasteiger partial charge on any atom is -0.493 e. The Morgan fingerprint density at radius 3 is 1.94 bits per heavy atom. The SMILES string of the molecule is COc1cc(/C=C\c2cccc(NSc3ccc(C(C)(C)C)cc3)c2)cc(OC)c1OC. The van der Waals surface area contributed by atoms with Crippen molar-refractivity contribution in [2.75, 3.05) is 26.1 Å². The first-order chi connectivity index (χ1) is 15.3. The van der Waals surface area contributed by atoms with Crippen LogP contribution < -0.4 is 18.9 Å². The van der Waals surface area contributed by atoms with Gasteiger partial charge in [-0.15, -0.1) is 0 Å². The van der Waals surface area contributed by atoms with E-state index in [2.05, 4.69) is 74.0 Å². The highest BCUT2D eigenvalue weighted by Gasteiger charge is 2.13. The number of methoxy groups -OCH3 is 3. The molecule has 168 valence electrons. The zero-order valence-corrected chi connectivity index (χ0v) is 20.4. The van der Waals surface area contributed by atoms with Gasteiger partial charge in [0, 0.05) is 10.6 Å². The van der Waals surface area contributed by atoms with Crippen molar-refractivity contribution in [1.82, 2.24) is 0 Å². The van der Waals surface area contributed by atoms with Crippen LogP contribution in [-0.2, 0) is 5.41 Å². The fraction of sp³-hybridized carbons (Fsp3) is 0.259. The van der Waals surface area contributed by atoms with E-state index in [1.807, 2.05) is 24.3 Å². The van der Waals surface area contributed by atoms with Gasteiger partial charge in [0.15, 0.2) is 11.5 Å². The van der Waals surface area contributed by atoms with E-state index in [9.17, 15) is 0 Å². The van der Waals surface area contributed by atoms with Gasteiger partial charge in [-0.2, -0.15) is 0 Å². The number of ether oxygens (including phenoxy) is 3. The fourth-order valence-corrected chi connectivity index (χ4v) is 3.87. The molecule has 0 aliphatic heterocycles. The number of hydrogen-bond donors (Lipinski definition) is 1. The molecule has 0 bridgehead atoms. The smallest absolute Gasteiger partial charge is 0.203 e. The zero-order chi connectivity index (χ0) is 23.1. The second kappa shape index (κ2) is 10.5. The van der Waals surface area contributed by atoms with Crippen LogP contribution in [0.15, 0.2) is 65.6 Å². The van der Waals surface area contributed by atoms with E-state index in [4.69, 9.17) is 14.2 Å². The molecule has 0 atom stereocenters. The maximum atomic E-state index is 5.44. The molecule has 3 rings (SSSR count). The Hall–Kier alpha value is -3.05. The molecule has 3 aromatic rings. The van der Waals surface area contributed by atoms with Gasteiger partial charge in [-0.3, -0.25) is 0 Å². The summed E-state index contributed by atoms with van der Waals surface area (Å²) < 4.78 is 19.7. The normalized spacial score (nSPS) is 11.4. The van der Waals surface area contributed by atoms with Crippen molar-refractivity contribution in [3.05, 3.63) is 77.4 Å². The standard InChI is InChI=1S/C27H31NO3S/c1-27(2,3)21-12-14-23(15-13-21)32-28-22-9-7-8-19(16-22)10-11-20-17-24(29-4)26(31-6)25(18-20)30-5/h7-18,28H,1-6H3/b11-10-. The van der Waals surface area contributed by atoms with Crippen molar-refractivity contribution in [1.29, 1.82) is 0 Å². The molecule has 0 heterocycles. The lowest BCUT2D eigenvalue weighted by molar-refractivity contribution is 0.324. The predicted octanol–water partition coefficient (Wildman–Crippen LogP) is 7.30. The van der Waals surface area contributed by atoms with Gasteiger partial charge in [-0.25, -0.2) is 0 Å². The lowest BCUT2D eigenvalue weighted by Gasteiger charge is -2.19. The van der Waals surface area contributed by atoms with Gasteiger partial charge in [-0.1, -0.05) is 57.2 Å². The molecule has 0 saturated carbocycles. The minimum absolute atomic E-state index is 0.162.